The van der Waals surface area contributed by atoms with E-state index in [9.17, 15) is 0 Å². The fraction of sp³-hybridized carbons (Fsp3) is 0.167. The number of thiocarbonyl (C=S) groups is 1. The summed E-state index contributed by atoms with van der Waals surface area (Å²) in [5, 5.41) is 10.7. The Balaban J connectivity index is 1.48. The number of hydrogen-bond acceptors (Lipinski definition) is 4. The number of anilines is 1. The van der Waals surface area contributed by atoms with Gasteiger partial charge in [-0.3, -0.25) is 0 Å². The summed E-state index contributed by atoms with van der Waals surface area (Å²) in [7, 11) is 0. The molecule has 0 bridgehead atoms. The highest BCUT2D eigenvalue weighted by Gasteiger charge is 2.32. The summed E-state index contributed by atoms with van der Waals surface area (Å²) in [4.78, 5) is 0. The van der Waals surface area contributed by atoms with Crippen molar-refractivity contribution in [3.05, 3.63) is 88.4 Å². The van der Waals surface area contributed by atoms with Crippen LogP contribution in [0.2, 0.25) is 0 Å². The summed E-state index contributed by atoms with van der Waals surface area (Å²) in [5.74, 6) is 1.54. The number of halogens is 1. The minimum atomic E-state index is -0.0433. The molecule has 0 saturated carbocycles. The summed E-state index contributed by atoms with van der Waals surface area (Å²) in [6.45, 7) is 1.13. The van der Waals surface area contributed by atoms with Crippen LogP contribution in [-0.2, 0) is 0 Å². The number of benzene rings is 3. The van der Waals surface area contributed by atoms with Crippen molar-refractivity contribution in [2.75, 3.05) is 18.5 Å². The van der Waals surface area contributed by atoms with Crippen LogP contribution in [0.5, 0.6) is 11.5 Å². The van der Waals surface area contributed by atoms with Crippen molar-refractivity contribution in [1.29, 1.82) is 0 Å². The van der Waals surface area contributed by atoms with Crippen LogP contribution in [0.25, 0.3) is 0 Å². The molecular weight excluding hydrogens is 474 g/mol. The van der Waals surface area contributed by atoms with Crippen molar-refractivity contribution in [2.24, 2.45) is 5.10 Å². The number of fused-ring (bicyclic) bond motifs is 1. The SMILES string of the molecule is S=C(Nc1ccccc1)N1N=C(c2ccc(Br)cc2)CC1c1ccc2c(c1)OCCO2. The van der Waals surface area contributed by atoms with E-state index in [2.05, 4.69) is 39.4 Å². The molecule has 5 nitrogen and oxygen atoms in total. The molecule has 3 aromatic carbocycles. The molecule has 1 atom stereocenters. The maximum Gasteiger partial charge on any atom is 0.194 e. The Bertz CT molecular complexity index is 1140. The topological polar surface area (TPSA) is 46.1 Å². The van der Waals surface area contributed by atoms with Crippen LogP contribution in [0.1, 0.15) is 23.6 Å². The summed E-state index contributed by atoms with van der Waals surface area (Å²) in [6, 6.07) is 24.1. The number of nitrogens with zero attached hydrogens (tertiary/aromatic N) is 2. The van der Waals surface area contributed by atoms with E-state index in [-0.39, 0.29) is 6.04 Å². The van der Waals surface area contributed by atoms with Gasteiger partial charge in [0.15, 0.2) is 16.6 Å². The van der Waals surface area contributed by atoms with E-state index >= 15 is 0 Å². The average molecular weight is 494 g/mol. The zero-order valence-corrected chi connectivity index (χ0v) is 19.0. The van der Waals surface area contributed by atoms with Crippen LogP contribution in [0, 0.1) is 0 Å². The molecule has 1 N–H and O–H groups in total. The second kappa shape index (κ2) is 8.69. The molecule has 2 heterocycles. The molecule has 0 fully saturated rings. The third-order valence-electron chi connectivity index (χ3n) is 5.27. The van der Waals surface area contributed by atoms with Gasteiger partial charge in [-0.2, -0.15) is 5.10 Å². The van der Waals surface area contributed by atoms with Crippen LogP contribution in [-0.4, -0.2) is 29.0 Å². The normalized spacial score (nSPS) is 17.3. The molecule has 0 aromatic heterocycles. The Morgan fingerprint density at radius 2 is 1.71 bits per heavy atom. The van der Waals surface area contributed by atoms with Gasteiger partial charge in [0.1, 0.15) is 13.2 Å². The Labute approximate surface area is 194 Å². The van der Waals surface area contributed by atoms with Crippen molar-refractivity contribution in [3.8, 4) is 11.5 Å². The van der Waals surface area contributed by atoms with Gasteiger partial charge in [-0.15, -0.1) is 0 Å². The lowest BCUT2D eigenvalue weighted by Gasteiger charge is -2.26. The van der Waals surface area contributed by atoms with Crippen LogP contribution in [0.3, 0.4) is 0 Å². The molecule has 2 aliphatic heterocycles. The molecular formula is C24H20BrN3O2S. The molecule has 0 amide bonds. The molecule has 0 saturated heterocycles. The zero-order chi connectivity index (χ0) is 21.2. The number of ether oxygens (including phenoxy) is 2. The van der Waals surface area contributed by atoms with E-state index in [1.165, 1.54) is 0 Å². The largest absolute Gasteiger partial charge is 0.486 e. The first-order valence-corrected chi connectivity index (χ1v) is 11.3. The smallest absolute Gasteiger partial charge is 0.194 e. The minimum Gasteiger partial charge on any atom is -0.486 e. The highest BCUT2D eigenvalue weighted by atomic mass is 79.9. The van der Waals surface area contributed by atoms with Gasteiger partial charge in [0, 0.05) is 16.6 Å². The van der Waals surface area contributed by atoms with E-state index in [0.29, 0.717) is 18.3 Å². The Hall–Kier alpha value is -2.90. The maximum absolute atomic E-state index is 5.81. The third-order valence-corrected chi connectivity index (χ3v) is 6.09. The predicted molar refractivity (Wildman–Crippen MR) is 130 cm³/mol. The molecule has 0 radical (unpaired) electrons. The predicted octanol–water partition coefficient (Wildman–Crippen LogP) is 5.77. The fourth-order valence-corrected chi connectivity index (χ4v) is 4.29. The molecule has 5 rings (SSSR count). The molecule has 7 heteroatoms. The number of rotatable bonds is 3. The minimum absolute atomic E-state index is 0.0433. The maximum atomic E-state index is 5.81. The van der Waals surface area contributed by atoms with Crippen molar-refractivity contribution < 1.29 is 9.47 Å². The Kier molecular flexibility index (Phi) is 5.61. The van der Waals surface area contributed by atoms with E-state index in [1.807, 2.05) is 59.6 Å². The van der Waals surface area contributed by atoms with Crippen molar-refractivity contribution >= 4 is 44.7 Å². The molecule has 0 aliphatic carbocycles. The van der Waals surface area contributed by atoms with E-state index < -0.39 is 0 Å². The lowest BCUT2D eigenvalue weighted by Crippen LogP contribution is -2.31. The third kappa shape index (κ3) is 4.29. The zero-order valence-electron chi connectivity index (χ0n) is 16.6. The van der Waals surface area contributed by atoms with Crippen molar-refractivity contribution in [3.63, 3.8) is 0 Å². The van der Waals surface area contributed by atoms with Gasteiger partial charge in [0.05, 0.1) is 11.8 Å². The Morgan fingerprint density at radius 1 is 0.968 bits per heavy atom. The van der Waals surface area contributed by atoms with Gasteiger partial charge in [-0.25, -0.2) is 5.01 Å². The second-order valence-corrected chi connectivity index (χ2v) is 8.62. The van der Waals surface area contributed by atoms with Crippen molar-refractivity contribution in [2.45, 2.75) is 12.5 Å². The average Bonchev–Trinajstić information content (AvgIpc) is 3.26. The highest BCUT2D eigenvalue weighted by Crippen LogP contribution is 2.38. The van der Waals surface area contributed by atoms with Gasteiger partial charge in [-0.1, -0.05) is 52.3 Å². The lowest BCUT2D eigenvalue weighted by molar-refractivity contribution is 0.171. The monoisotopic (exact) mass is 493 g/mol. The lowest BCUT2D eigenvalue weighted by atomic mass is 9.98. The van der Waals surface area contributed by atoms with Gasteiger partial charge in [0.25, 0.3) is 0 Å². The summed E-state index contributed by atoms with van der Waals surface area (Å²) >= 11 is 9.26. The first-order valence-electron chi connectivity index (χ1n) is 10.1. The molecule has 0 spiro atoms. The number of para-hydroxylation sites is 1. The summed E-state index contributed by atoms with van der Waals surface area (Å²) < 4.78 is 12.5. The molecule has 1 unspecified atom stereocenters. The number of hydrogen-bond donors (Lipinski definition) is 1. The van der Waals surface area contributed by atoms with Gasteiger partial charge < -0.3 is 14.8 Å². The highest BCUT2D eigenvalue weighted by molar-refractivity contribution is 9.10. The van der Waals surface area contributed by atoms with Crippen LogP contribution >= 0.6 is 28.1 Å². The fourth-order valence-electron chi connectivity index (χ4n) is 3.74. The number of nitrogens with one attached hydrogen (secondary N) is 1. The second-order valence-electron chi connectivity index (χ2n) is 7.32. The van der Waals surface area contributed by atoms with Gasteiger partial charge >= 0.3 is 0 Å². The Morgan fingerprint density at radius 3 is 2.48 bits per heavy atom. The summed E-state index contributed by atoms with van der Waals surface area (Å²) in [6.07, 6.45) is 0.734. The standard InChI is InChI=1S/C24H20BrN3O2S/c25-18-9-6-16(7-10-18)20-15-21(17-8-11-22-23(14-17)30-13-12-29-22)28(27-20)24(31)26-19-4-2-1-3-5-19/h1-11,14,21H,12-13,15H2,(H,26,31). The van der Waals surface area contributed by atoms with Crippen LogP contribution in [0.15, 0.2) is 82.4 Å². The van der Waals surface area contributed by atoms with E-state index in [0.717, 1.165) is 44.9 Å². The van der Waals surface area contributed by atoms with E-state index in [1.54, 1.807) is 0 Å². The molecule has 156 valence electrons. The molecule has 3 aromatic rings. The quantitative estimate of drug-likeness (QED) is 0.469. The van der Waals surface area contributed by atoms with E-state index in [4.69, 9.17) is 26.8 Å². The molecule has 2 aliphatic rings. The number of hydrazone groups is 1. The van der Waals surface area contributed by atoms with Crippen molar-refractivity contribution in [1.82, 2.24) is 5.01 Å². The first kappa shape index (κ1) is 20.0. The molecule has 31 heavy (non-hydrogen) atoms. The van der Waals surface area contributed by atoms with Crippen LogP contribution < -0.4 is 14.8 Å². The van der Waals surface area contributed by atoms with Crippen LogP contribution in [0.4, 0.5) is 5.69 Å². The first-order chi connectivity index (χ1) is 15.2. The summed E-state index contributed by atoms with van der Waals surface area (Å²) in [5.41, 5.74) is 4.08. The van der Waals surface area contributed by atoms with Gasteiger partial charge in [0.2, 0.25) is 0 Å². The van der Waals surface area contributed by atoms with Gasteiger partial charge in [-0.05, 0) is 59.7 Å².